The van der Waals surface area contributed by atoms with Crippen molar-refractivity contribution in [2.24, 2.45) is 0 Å². The van der Waals surface area contributed by atoms with Crippen molar-refractivity contribution >= 4 is 28.9 Å². The molecular weight excluding hydrogens is 310 g/mol. The van der Waals surface area contributed by atoms with Crippen LogP contribution in [0.3, 0.4) is 0 Å². The van der Waals surface area contributed by atoms with Gasteiger partial charge in [0.2, 0.25) is 0 Å². The minimum absolute atomic E-state index is 0.359. The maximum Gasteiger partial charge on any atom is 0.416 e. The van der Waals surface area contributed by atoms with Crippen LogP contribution in [0.1, 0.15) is 11.1 Å². The van der Waals surface area contributed by atoms with Gasteiger partial charge in [-0.1, -0.05) is 35.3 Å². The van der Waals surface area contributed by atoms with Gasteiger partial charge in [-0.05, 0) is 35.9 Å². The first-order valence-corrected chi connectivity index (χ1v) is 6.47. The molecule has 0 aliphatic rings. The van der Waals surface area contributed by atoms with Crippen LogP contribution in [0.15, 0.2) is 42.5 Å². The second-order valence-corrected chi connectivity index (χ2v) is 4.99. The van der Waals surface area contributed by atoms with Gasteiger partial charge in [-0.25, -0.2) is 0 Å². The molecule has 0 aliphatic heterocycles. The van der Waals surface area contributed by atoms with Gasteiger partial charge in [-0.15, -0.1) is 0 Å². The molecule has 0 bridgehead atoms. The number of halogens is 5. The van der Waals surface area contributed by atoms with Crippen LogP contribution < -0.4 is 5.32 Å². The summed E-state index contributed by atoms with van der Waals surface area (Å²) in [6.45, 7) is 0.359. The van der Waals surface area contributed by atoms with Crippen molar-refractivity contribution in [3.8, 4) is 0 Å². The van der Waals surface area contributed by atoms with E-state index >= 15 is 0 Å². The molecule has 0 amide bonds. The number of hydrogen-bond donors (Lipinski definition) is 1. The zero-order valence-corrected chi connectivity index (χ0v) is 11.7. The molecule has 0 radical (unpaired) electrons. The molecular formula is C14H10Cl2F3N. The lowest BCUT2D eigenvalue weighted by Gasteiger charge is -2.11. The van der Waals surface area contributed by atoms with Crippen molar-refractivity contribution in [3.63, 3.8) is 0 Å². The van der Waals surface area contributed by atoms with Crippen LogP contribution in [0.4, 0.5) is 18.9 Å². The number of hydrogen-bond acceptors (Lipinski definition) is 1. The Morgan fingerprint density at radius 2 is 1.70 bits per heavy atom. The summed E-state index contributed by atoms with van der Waals surface area (Å²) in [5.74, 6) is 0. The Balaban J connectivity index is 2.09. The molecule has 0 atom stereocenters. The molecule has 0 saturated heterocycles. The molecule has 0 saturated carbocycles. The Morgan fingerprint density at radius 1 is 0.950 bits per heavy atom. The van der Waals surface area contributed by atoms with Gasteiger partial charge >= 0.3 is 6.18 Å². The van der Waals surface area contributed by atoms with E-state index in [1.165, 1.54) is 6.07 Å². The van der Waals surface area contributed by atoms with Crippen molar-refractivity contribution in [1.29, 1.82) is 0 Å². The summed E-state index contributed by atoms with van der Waals surface area (Å²) < 4.78 is 37.7. The molecule has 20 heavy (non-hydrogen) atoms. The maximum atomic E-state index is 12.6. The molecule has 1 N–H and O–H groups in total. The SMILES string of the molecule is FC(F)(F)c1cccc(NCc2ccc(Cl)c(Cl)c2)c1. The molecule has 0 fully saturated rings. The third-order valence-corrected chi connectivity index (χ3v) is 3.41. The number of benzene rings is 2. The van der Waals surface area contributed by atoms with Crippen molar-refractivity contribution in [1.82, 2.24) is 0 Å². The van der Waals surface area contributed by atoms with Crippen LogP contribution in [0.2, 0.25) is 10.0 Å². The van der Waals surface area contributed by atoms with E-state index in [1.54, 1.807) is 24.3 Å². The highest BCUT2D eigenvalue weighted by Gasteiger charge is 2.30. The highest BCUT2D eigenvalue weighted by atomic mass is 35.5. The van der Waals surface area contributed by atoms with E-state index in [1.807, 2.05) is 0 Å². The average molecular weight is 320 g/mol. The standard InChI is InChI=1S/C14H10Cl2F3N/c15-12-5-4-9(6-13(12)16)8-20-11-3-1-2-10(7-11)14(17,18)19/h1-7,20H,8H2. The van der Waals surface area contributed by atoms with Crippen molar-refractivity contribution < 1.29 is 13.2 Å². The van der Waals surface area contributed by atoms with Gasteiger partial charge in [0.05, 0.1) is 15.6 Å². The second kappa shape index (κ2) is 5.94. The van der Waals surface area contributed by atoms with Gasteiger partial charge in [-0.3, -0.25) is 0 Å². The molecule has 106 valence electrons. The largest absolute Gasteiger partial charge is 0.416 e. The topological polar surface area (TPSA) is 12.0 Å². The summed E-state index contributed by atoms with van der Waals surface area (Å²) in [5, 5.41) is 3.77. The number of anilines is 1. The van der Waals surface area contributed by atoms with E-state index in [0.717, 1.165) is 17.7 Å². The molecule has 0 aromatic heterocycles. The zero-order chi connectivity index (χ0) is 14.8. The van der Waals surface area contributed by atoms with Crippen molar-refractivity contribution in [2.75, 3.05) is 5.32 Å². The first-order chi connectivity index (χ1) is 9.36. The quantitative estimate of drug-likeness (QED) is 0.773. The van der Waals surface area contributed by atoms with Gasteiger partial charge < -0.3 is 5.32 Å². The first-order valence-electron chi connectivity index (χ1n) is 5.71. The Morgan fingerprint density at radius 3 is 2.35 bits per heavy atom. The third-order valence-electron chi connectivity index (χ3n) is 2.67. The number of alkyl halides is 3. The van der Waals surface area contributed by atoms with Crippen LogP contribution in [0.5, 0.6) is 0 Å². The van der Waals surface area contributed by atoms with Crippen LogP contribution in [0, 0.1) is 0 Å². The fourth-order valence-corrected chi connectivity index (χ4v) is 1.98. The summed E-state index contributed by atoms with van der Waals surface area (Å²) in [6, 6.07) is 10.1. The maximum absolute atomic E-state index is 12.6. The normalized spacial score (nSPS) is 11.4. The van der Waals surface area contributed by atoms with Crippen molar-refractivity contribution in [2.45, 2.75) is 12.7 Å². The Kier molecular flexibility index (Phi) is 4.45. The summed E-state index contributed by atoms with van der Waals surface area (Å²) in [4.78, 5) is 0. The van der Waals surface area contributed by atoms with E-state index in [2.05, 4.69) is 5.32 Å². The van der Waals surface area contributed by atoms with Gasteiger partial charge in [0.15, 0.2) is 0 Å². The average Bonchev–Trinajstić information content (AvgIpc) is 2.39. The summed E-state index contributed by atoms with van der Waals surface area (Å²) in [5.41, 5.74) is 0.541. The van der Waals surface area contributed by atoms with E-state index in [9.17, 15) is 13.2 Å². The van der Waals surface area contributed by atoms with Crippen molar-refractivity contribution in [3.05, 3.63) is 63.6 Å². The molecule has 0 aliphatic carbocycles. The summed E-state index contributed by atoms with van der Waals surface area (Å²) >= 11 is 11.7. The summed E-state index contributed by atoms with van der Waals surface area (Å²) in [6.07, 6.45) is -4.35. The molecule has 0 spiro atoms. The highest BCUT2D eigenvalue weighted by molar-refractivity contribution is 6.42. The van der Waals surface area contributed by atoms with E-state index < -0.39 is 11.7 Å². The predicted molar refractivity (Wildman–Crippen MR) is 75.2 cm³/mol. The van der Waals surface area contributed by atoms with Gasteiger partial charge in [0.1, 0.15) is 0 Å². The lowest BCUT2D eigenvalue weighted by molar-refractivity contribution is -0.137. The van der Waals surface area contributed by atoms with Crippen LogP contribution >= 0.6 is 23.2 Å². The molecule has 2 aromatic rings. The molecule has 2 rings (SSSR count). The van der Waals surface area contributed by atoms with Gasteiger partial charge in [0.25, 0.3) is 0 Å². The molecule has 2 aromatic carbocycles. The zero-order valence-electron chi connectivity index (χ0n) is 10.1. The van der Waals surface area contributed by atoms with Gasteiger partial charge in [0, 0.05) is 12.2 Å². The number of rotatable bonds is 3. The Labute approximate surface area is 124 Å². The van der Waals surface area contributed by atoms with Crippen LogP contribution in [-0.4, -0.2) is 0 Å². The molecule has 0 unspecified atom stereocenters. The highest BCUT2D eigenvalue weighted by Crippen LogP contribution is 2.31. The Hall–Kier alpha value is -1.39. The number of nitrogens with one attached hydrogen (secondary N) is 1. The fraction of sp³-hybridized carbons (Fsp3) is 0.143. The first kappa shape index (κ1) is 15.0. The minimum Gasteiger partial charge on any atom is -0.381 e. The fourth-order valence-electron chi connectivity index (χ4n) is 1.66. The minimum atomic E-state index is -4.35. The van der Waals surface area contributed by atoms with Crippen LogP contribution in [-0.2, 0) is 12.7 Å². The van der Waals surface area contributed by atoms with Crippen LogP contribution in [0.25, 0.3) is 0 Å². The summed E-state index contributed by atoms with van der Waals surface area (Å²) in [7, 11) is 0. The van der Waals surface area contributed by atoms with E-state index in [-0.39, 0.29) is 0 Å². The third kappa shape index (κ3) is 3.81. The molecule has 6 heteroatoms. The van der Waals surface area contributed by atoms with E-state index in [4.69, 9.17) is 23.2 Å². The molecule has 0 heterocycles. The smallest absolute Gasteiger partial charge is 0.381 e. The molecule has 1 nitrogen and oxygen atoms in total. The lowest BCUT2D eigenvalue weighted by Crippen LogP contribution is -2.06. The predicted octanol–water partition coefficient (Wildman–Crippen LogP) is 5.62. The van der Waals surface area contributed by atoms with E-state index in [0.29, 0.717) is 22.3 Å². The Bertz CT molecular complexity index is 612. The lowest BCUT2D eigenvalue weighted by atomic mass is 10.2. The van der Waals surface area contributed by atoms with Gasteiger partial charge in [-0.2, -0.15) is 13.2 Å². The second-order valence-electron chi connectivity index (χ2n) is 4.18. The monoisotopic (exact) mass is 319 g/mol.